The number of hydrogen-bond donors (Lipinski definition) is 2. The van der Waals surface area contributed by atoms with Crippen LogP contribution in [0.25, 0.3) is 12.2 Å². The van der Waals surface area contributed by atoms with Crippen molar-refractivity contribution in [2.45, 2.75) is 0 Å². The third kappa shape index (κ3) is 9.52. The third-order valence-electron chi connectivity index (χ3n) is 4.06. The van der Waals surface area contributed by atoms with Crippen molar-refractivity contribution < 1.29 is 24.1 Å². The molecule has 0 heterocycles. The van der Waals surface area contributed by atoms with Crippen LogP contribution >= 0.6 is 0 Å². The van der Waals surface area contributed by atoms with Gasteiger partial charge in [-0.3, -0.25) is 4.79 Å². The van der Waals surface area contributed by atoms with E-state index in [0.717, 1.165) is 22.6 Å². The lowest BCUT2D eigenvalue weighted by Crippen LogP contribution is -2.11. The van der Waals surface area contributed by atoms with Crippen LogP contribution in [0.15, 0.2) is 60.7 Å². The molecule has 2 N–H and O–H groups in total. The van der Waals surface area contributed by atoms with Gasteiger partial charge in [0.25, 0.3) is 0 Å². The lowest BCUT2D eigenvalue weighted by atomic mass is 10.1. The van der Waals surface area contributed by atoms with Gasteiger partial charge in [-0.05, 0) is 47.5 Å². The molecule has 0 amide bonds. The van der Waals surface area contributed by atoms with Crippen LogP contribution in [0.2, 0.25) is 0 Å². The van der Waals surface area contributed by atoms with Gasteiger partial charge in [-0.25, -0.2) is 0 Å². The standard InChI is InChI=1S/C24H29NO5/c1-25-22-8-2-20(3-9-22)4-10-23(27)11-5-21-6-12-24(13-7-21)30-19-18-29-17-16-28-15-14-26/h2-13,25-26H,14-19H2,1H3/b10-4+,11-5+. The zero-order valence-electron chi connectivity index (χ0n) is 17.3. The molecule has 0 bridgehead atoms. The van der Waals surface area contributed by atoms with E-state index >= 15 is 0 Å². The number of carbonyl (C=O) groups is 1. The maximum Gasteiger partial charge on any atom is 0.178 e. The molecule has 0 atom stereocenters. The predicted octanol–water partition coefficient (Wildman–Crippen LogP) is 3.43. The second-order valence-corrected chi connectivity index (χ2v) is 6.31. The monoisotopic (exact) mass is 411 g/mol. The highest BCUT2D eigenvalue weighted by molar-refractivity contribution is 6.04. The SMILES string of the molecule is CNc1ccc(/C=C/C(=O)/C=C/c2ccc(OCCOCCOCCO)cc2)cc1. The van der Waals surface area contributed by atoms with Gasteiger partial charge in [0.15, 0.2) is 5.78 Å². The first-order chi connectivity index (χ1) is 14.7. The summed E-state index contributed by atoms with van der Waals surface area (Å²) >= 11 is 0. The van der Waals surface area contributed by atoms with Crippen LogP contribution in [0.5, 0.6) is 5.75 Å². The zero-order chi connectivity index (χ0) is 21.4. The van der Waals surface area contributed by atoms with Crippen LogP contribution in [0.4, 0.5) is 5.69 Å². The third-order valence-corrected chi connectivity index (χ3v) is 4.06. The summed E-state index contributed by atoms with van der Waals surface area (Å²) in [5.41, 5.74) is 2.92. The van der Waals surface area contributed by atoms with E-state index in [4.69, 9.17) is 19.3 Å². The molecule has 2 rings (SSSR count). The molecule has 0 fully saturated rings. The molecule has 0 saturated carbocycles. The van der Waals surface area contributed by atoms with Crippen molar-refractivity contribution in [3.63, 3.8) is 0 Å². The number of carbonyl (C=O) groups excluding carboxylic acids is 1. The first kappa shape index (κ1) is 23.3. The molecule has 2 aromatic rings. The Hall–Kier alpha value is -2.93. The lowest BCUT2D eigenvalue weighted by Gasteiger charge is -2.07. The molecule has 0 spiro atoms. The van der Waals surface area contributed by atoms with E-state index < -0.39 is 0 Å². The molecular weight excluding hydrogens is 382 g/mol. The number of hydrogen-bond acceptors (Lipinski definition) is 6. The van der Waals surface area contributed by atoms with Crippen molar-refractivity contribution >= 4 is 23.6 Å². The fourth-order valence-corrected chi connectivity index (χ4v) is 2.45. The van der Waals surface area contributed by atoms with Crippen LogP contribution in [0.1, 0.15) is 11.1 Å². The van der Waals surface area contributed by atoms with Gasteiger partial charge in [0, 0.05) is 12.7 Å². The molecule has 6 heteroatoms. The smallest absolute Gasteiger partial charge is 0.178 e. The van der Waals surface area contributed by atoms with Gasteiger partial charge >= 0.3 is 0 Å². The fraction of sp³-hybridized carbons (Fsp3) is 0.292. The number of aliphatic hydroxyl groups excluding tert-OH is 1. The maximum atomic E-state index is 12.0. The number of allylic oxidation sites excluding steroid dienone is 2. The van der Waals surface area contributed by atoms with E-state index in [1.54, 1.807) is 24.3 Å². The van der Waals surface area contributed by atoms with E-state index in [2.05, 4.69) is 5.32 Å². The molecule has 2 aromatic carbocycles. The summed E-state index contributed by atoms with van der Waals surface area (Å²) in [7, 11) is 1.87. The highest BCUT2D eigenvalue weighted by Crippen LogP contribution is 2.13. The Kier molecular flexibility index (Phi) is 11.0. The minimum Gasteiger partial charge on any atom is -0.491 e. The lowest BCUT2D eigenvalue weighted by molar-refractivity contribution is -0.110. The summed E-state index contributed by atoms with van der Waals surface area (Å²) < 4.78 is 16.1. The molecule has 0 radical (unpaired) electrons. The van der Waals surface area contributed by atoms with Crippen LogP contribution in [0, 0.1) is 0 Å². The number of nitrogens with one attached hydrogen (secondary N) is 1. The first-order valence-corrected chi connectivity index (χ1v) is 9.88. The Bertz CT molecular complexity index is 797. The summed E-state index contributed by atoms with van der Waals surface area (Å²) in [5, 5.41) is 11.6. The van der Waals surface area contributed by atoms with Crippen LogP contribution in [-0.2, 0) is 14.3 Å². The quantitative estimate of drug-likeness (QED) is 0.366. The summed E-state index contributed by atoms with van der Waals surface area (Å²) in [6.45, 7) is 2.17. The second-order valence-electron chi connectivity index (χ2n) is 6.31. The molecule has 0 saturated heterocycles. The predicted molar refractivity (Wildman–Crippen MR) is 120 cm³/mol. The molecule has 0 aromatic heterocycles. The van der Waals surface area contributed by atoms with Gasteiger partial charge in [0.05, 0.1) is 33.0 Å². The van der Waals surface area contributed by atoms with Gasteiger partial charge < -0.3 is 24.6 Å². The number of ether oxygens (including phenoxy) is 3. The van der Waals surface area contributed by atoms with Gasteiger partial charge in [-0.2, -0.15) is 0 Å². The van der Waals surface area contributed by atoms with Crippen LogP contribution in [0.3, 0.4) is 0 Å². The van der Waals surface area contributed by atoms with Gasteiger partial charge in [-0.1, -0.05) is 36.4 Å². The average Bonchev–Trinajstić information content (AvgIpc) is 2.79. The summed E-state index contributed by atoms with van der Waals surface area (Å²) in [4.78, 5) is 12.0. The van der Waals surface area contributed by atoms with Gasteiger partial charge in [0.2, 0.25) is 0 Å². The number of ketones is 1. The fourth-order valence-electron chi connectivity index (χ4n) is 2.45. The Morgan fingerprint density at radius 1 is 0.833 bits per heavy atom. The van der Waals surface area contributed by atoms with E-state index in [1.807, 2.05) is 55.6 Å². The van der Waals surface area contributed by atoms with Crippen molar-refractivity contribution in [1.82, 2.24) is 0 Å². The number of anilines is 1. The van der Waals surface area contributed by atoms with Crippen LogP contribution < -0.4 is 10.1 Å². The molecule has 0 aliphatic carbocycles. The number of aliphatic hydroxyl groups is 1. The van der Waals surface area contributed by atoms with Gasteiger partial charge in [-0.15, -0.1) is 0 Å². The molecule has 6 nitrogen and oxygen atoms in total. The molecular formula is C24H29NO5. The van der Waals surface area contributed by atoms with Crippen molar-refractivity contribution in [1.29, 1.82) is 0 Å². The minimum atomic E-state index is -0.0758. The average molecular weight is 411 g/mol. The molecule has 160 valence electrons. The number of rotatable bonds is 14. The first-order valence-electron chi connectivity index (χ1n) is 9.88. The normalized spacial score (nSPS) is 11.3. The van der Waals surface area contributed by atoms with E-state index in [1.165, 1.54) is 0 Å². The number of benzene rings is 2. The summed E-state index contributed by atoms with van der Waals surface area (Å²) in [6, 6.07) is 15.3. The van der Waals surface area contributed by atoms with E-state index in [-0.39, 0.29) is 12.4 Å². The Morgan fingerprint density at radius 3 is 1.93 bits per heavy atom. The second kappa shape index (κ2) is 14.1. The van der Waals surface area contributed by atoms with Crippen molar-refractivity contribution in [3.05, 3.63) is 71.8 Å². The molecule has 0 unspecified atom stereocenters. The summed E-state index contributed by atoms with van der Waals surface area (Å²) in [5.74, 6) is 0.664. The van der Waals surface area contributed by atoms with Crippen molar-refractivity contribution in [2.24, 2.45) is 0 Å². The van der Waals surface area contributed by atoms with Crippen molar-refractivity contribution in [3.8, 4) is 5.75 Å². The highest BCUT2D eigenvalue weighted by atomic mass is 16.5. The highest BCUT2D eigenvalue weighted by Gasteiger charge is 1.96. The van der Waals surface area contributed by atoms with Crippen LogP contribution in [-0.4, -0.2) is 57.6 Å². The Labute approximate surface area is 177 Å². The minimum absolute atomic E-state index is 0.0186. The zero-order valence-corrected chi connectivity index (χ0v) is 17.3. The van der Waals surface area contributed by atoms with Gasteiger partial charge in [0.1, 0.15) is 12.4 Å². The Balaban J connectivity index is 1.69. The molecule has 0 aliphatic heterocycles. The topological polar surface area (TPSA) is 77.0 Å². The largest absolute Gasteiger partial charge is 0.491 e. The van der Waals surface area contributed by atoms with E-state index in [0.29, 0.717) is 33.0 Å². The summed E-state index contributed by atoms with van der Waals surface area (Å²) in [6.07, 6.45) is 6.66. The Morgan fingerprint density at radius 2 is 1.37 bits per heavy atom. The maximum absolute atomic E-state index is 12.0. The van der Waals surface area contributed by atoms with Crippen molar-refractivity contribution in [2.75, 3.05) is 52.0 Å². The van der Waals surface area contributed by atoms with E-state index in [9.17, 15) is 4.79 Å². The molecule has 30 heavy (non-hydrogen) atoms. The molecule has 0 aliphatic rings.